The summed E-state index contributed by atoms with van der Waals surface area (Å²) in [6.07, 6.45) is 3.82. The van der Waals surface area contributed by atoms with Crippen molar-refractivity contribution in [3.63, 3.8) is 0 Å². The highest BCUT2D eigenvalue weighted by Crippen LogP contribution is 2.18. The number of carbonyl (C=O) groups excluding carboxylic acids is 1. The van der Waals surface area contributed by atoms with Gasteiger partial charge in [-0.2, -0.15) is 0 Å². The Morgan fingerprint density at radius 1 is 1.50 bits per heavy atom. The van der Waals surface area contributed by atoms with Gasteiger partial charge in [0.25, 0.3) is 5.91 Å². The Bertz CT molecular complexity index is 522. The van der Waals surface area contributed by atoms with Crippen LogP contribution >= 0.6 is 11.6 Å². The Morgan fingerprint density at radius 3 is 3.00 bits per heavy atom. The summed E-state index contributed by atoms with van der Waals surface area (Å²) in [4.78, 5) is 18.5. The summed E-state index contributed by atoms with van der Waals surface area (Å²) >= 11 is 5.79. The van der Waals surface area contributed by atoms with Crippen molar-refractivity contribution in [2.24, 2.45) is 0 Å². The van der Waals surface area contributed by atoms with E-state index in [9.17, 15) is 9.18 Å². The Labute approximate surface area is 108 Å². The summed E-state index contributed by atoms with van der Waals surface area (Å²) in [6, 6.07) is 4.14. The Hall–Kier alpha value is -1.88. The molecule has 2 N–H and O–H groups in total. The van der Waals surface area contributed by atoms with E-state index in [1.54, 1.807) is 12.5 Å². The van der Waals surface area contributed by atoms with Gasteiger partial charge in [-0.05, 0) is 12.1 Å². The number of imidazole rings is 1. The van der Waals surface area contributed by atoms with Gasteiger partial charge < -0.3 is 10.3 Å². The quantitative estimate of drug-likeness (QED) is 0.892. The number of hydrogen-bond donors (Lipinski definition) is 2. The van der Waals surface area contributed by atoms with Crippen molar-refractivity contribution in [3.8, 4) is 0 Å². The number of rotatable bonds is 4. The zero-order valence-corrected chi connectivity index (χ0v) is 10.2. The number of aromatic nitrogens is 2. The predicted octanol–water partition coefficient (Wildman–Crippen LogP) is 2.17. The Morgan fingerprint density at radius 2 is 2.33 bits per heavy atom. The van der Waals surface area contributed by atoms with Crippen molar-refractivity contribution in [1.82, 2.24) is 15.3 Å². The predicted molar refractivity (Wildman–Crippen MR) is 66.0 cm³/mol. The molecule has 4 nitrogen and oxygen atoms in total. The summed E-state index contributed by atoms with van der Waals surface area (Å²) in [5.41, 5.74) is 0.777. The zero-order chi connectivity index (χ0) is 13.0. The first-order valence-electron chi connectivity index (χ1n) is 5.38. The van der Waals surface area contributed by atoms with Crippen molar-refractivity contribution in [3.05, 3.63) is 52.8 Å². The number of hydrogen-bond acceptors (Lipinski definition) is 2. The minimum atomic E-state index is -0.624. The van der Waals surface area contributed by atoms with Crippen LogP contribution in [0.15, 0.2) is 30.7 Å². The molecule has 1 aromatic heterocycles. The van der Waals surface area contributed by atoms with Crippen LogP contribution in [0.2, 0.25) is 5.02 Å². The number of aromatic amines is 1. The lowest BCUT2D eigenvalue weighted by Gasteiger charge is -2.06. The van der Waals surface area contributed by atoms with Crippen LogP contribution in [-0.2, 0) is 6.42 Å². The molecule has 0 spiro atoms. The molecule has 0 unspecified atom stereocenters. The van der Waals surface area contributed by atoms with Gasteiger partial charge >= 0.3 is 0 Å². The van der Waals surface area contributed by atoms with Gasteiger partial charge in [-0.1, -0.05) is 17.7 Å². The van der Waals surface area contributed by atoms with E-state index < -0.39 is 11.7 Å². The van der Waals surface area contributed by atoms with E-state index in [-0.39, 0.29) is 10.6 Å². The number of nitrogens with one attached hydrogen (secondary N) is 2. The van der Waals surface area contributed by atoms with Gasteiger partial charge in [0.05, 0.1) is 16.9 Å². The van der Waals surface area contributed by atoms with Crippen LogP contribution in [0.3, 0.4) is 0 Å². The highest BCUT2D eigenvalue weighted by Gasteiger charge is 2.14. The minimum Gasteiger partial charge on any atom is -0.352 e. The number of amides is 1. The topological polar surface area (TPSA) is 57.8 Å². The normalized spacial score (nSPS) is 10.3. The molecule has 0 aliphatic heterocycles. The van der Waals surface area contributed by atoms with Gasteiger partial charge in [0, 0.05) is 24.9 Å². The van der Waals surface area contributed by atoms with Gasteiger partial charge in [-0.3, -0.25) is 4.79 Å². The molecule has 94 valence electrons. The van der Waals surface area contributed by atoms with Crippen molar-refractivity contribution in [2.45, 2.75) is 6.42 Å². The fourth-order valence-corrected chi connectivity index (χ4v) is 1.78. The molecular weight excluding hydrogens is 257 g/mol. The molecule has 0 atom stereocenters. The number of H-pyrrole nitrogens is 1. The second-order valence-corrected chi connectivity index (χ2v) is 4.09. The maximum atomic E-state index is 13.4. The second-order valence-electron chi connectivity index (χ2n) is 3.68. The van der Waals surface area contributed by atoms with Crippen LogP contribution in [-0.4, -0.2) is 22.4 Å². The lowest BCUT2D eigenvalue weighted by Crippen LogP contribution is -2.27. The fourth-order valence-electron chi connectivity index (χ4n) is 1.54. The molecule has 2 aromatic rings. The van der Waals surface area contributed by atoms with E-state index in [1.165, 1.54) is 18.2 Å². The molecule has 18 heavy (non-hydrogen) atoms. The van der Waals surface area contributed by atoms with Gasteiger partial charge in [0.1, 0.15) is 5.82 Å². The van der Waals surface area contributed by atoms with E-state index in [0.29, 0.717) is 13.0 Å². The third kappa shape index (κ3) is 2.87. The maximum Gasteiger partial charge on any atom is 0.255 e. The lowest BCUT2D eigenvalue weighted by molar-refractivity contribution is 0.0950. The van der Waals surface area contributed by atoms with Gasteiger partial charge in [0.15, 0.2) is 0 Å². The monoisotopic (exact) mass is 267 g/mol. The molecule has 1 amide bonds. The maximum absolute atomic E-state index is 13.4. The fraction of sp³-hybridized carbons (Fsp3) is 0.167. The van der Waals surface area contributed by atoms with E-state index in [1.807, 2.05) is 0 Å². The average molecular weight is 268 g/mol. The minimum absolute atomic E-state index is 0.106. The summed E-state index contributed by atoms with van der Waals surface area (Å²) in [6.45, 7) is 0.381. The van der Waals surface area contributed by atoms with Crippen LogP contribution in [0, 0.1) is 5.82 Å². The van der Waals surface area contributed by atoms with Crippen LogP contribution < -0.4 is 5.32 Å². The summed E-state index contributed by atoms with van der Waals surface area (Å²) in [5, 5.41) is 2.71. The number of carbonyl (C=O) groups is 1. The molecule has 0 saturated heterocycles. The van der Waals surface area contributed by atoms with E-state index in [4.69, 9.17) is 11.6 Å². The first kappa shape index (κ1) is 12.6. The zero-order valence-electron chi connectivity index (χ0n) is 9.41. The first-order valence-corrected chi connectivity index (χ1v) is 5.75. The van der Waals surface area contributed by atoms with E-state index >= 15 is 0 Å². The molecule has 0 radical (unpaired) electrons. The SMILES string of the molecule is O=C(NCCc1cnc[nH]1)c1c(F)cccc1Cl. The molecule has 0 aliphatic carbocycles. The van der Waals surface area contributed by atoms with Gasteiger partial charge in [-0.25, -0.2) is 9.37 Å². The summed E-state index contributed by atoms with van der Waals surface area (Å²) < 4.78 is 13.4. The molecule has 0 saturated carbocycles. The third-order valence-corrected chi connectivity index (χ3v) is 2.74. The van der Waals surface area contributed by atoms with Gasteiger partial charge in [0.2, 0.25) is 0 Å². The highest BCUT2D eigenvalue weighted by molar-refractivity contribution is 6.33. The standard InChI is InChI=1S/C12H11ClFN3O/c13-9-2-1-3-10(14)11(9)12(18)16-5-4-8-6-15-7-17-8/h1-3,6-7H,4-5H2,(H,15,17)(H,16,18). The summed E-state index contributed by atoms with van der Waals surface area (Å²) in [7, 11) is 0. The highest BCUT2D eigenvalue weighted by atomic mass is 35.5. The molecule has 0 fully saturated rings. The molecule has 0 aliphatic rings. The molecule has 6 heteroatoms. The van der Waals surface area contributed by atoms with E-state index in [0.717, 1.165) is 5.69 Å². The molecular formula is C12H11ClFN3O. The molecule has 1 aromatic carbocycles. The molecule has 1 heterocycles. The van der Waals surface area contributed by atoms with Crippen molar-refractivity contribution >= 4 is 17.5 Å². The number of halogens is 2. The van der Waals surface area contributed by atoms with E-state index in [2.05, 4.69) is 15.3 Å². The molecule has 0 bridgehead atoms. The Kier molecular flexibility index (Phi) is 3.94. The molecule has 2 rings (SSSR count). The average Bonchev–Trinajstić information content (AvgIpc) is 2.82. The van der Waals surface area contributed by atoms with Gasteiger partial charge in [-0.15, -0.1) is 0 Å². The number of benzene rings is 1. The summed E-state index contributed by atoms with van der Waals surface area (Å²) in [5.74, 6) is -1.14. The van der Waals surface area contributed by atoms with Crippen LogP contribution in [0.4, 0.5) is 4.39 Å². The van der Waals surface area contributed by atoms with Crippen molar-refractivity contribution in [1.29, 1.82) is 0 Å². The van der Waals surface area contributed by atoms with Crippen LogP contribution in [0.25, 0.3) is 0 Å². The Balaban J connectivity index is 1.96. The van der Waals surface area contributed by atoms with Crippen LogP contribution in [0.1, 0.15) is 16.1 Å². The smallest absolute Gasteiger partial charge is 0.255 e. The van der Waals surface area contributed by atoms with Crippen molar-refractivity contribution in [2.75, 3.05) is 6.54 Å². The third-order valence-electron chi connectivity index (χ3n) is 2.42. The van der Waals surface area contributed by atoms with Crippen molar-refractivity contribution < 1.29 is 9.18 Å². The number of nitrogens with zero attached hydrogens (tertiary/aromatic N) is 1. The van der Waals surface area contributed by atoms with Crippen LogP contribution in [0.5, 0.6) is 0 Å². The largest absolute Gasteiger partial charge is 0.352 e. The second kappa shape index (κ2) is 5.64. The lowest BCUT2D eigenvalue weighted by atomic mass is 10.2. The first-order chi connectivity index (χ1) is 8.68.